The van der Waals surface area contributed by atoms with E-state index in [0.717, 1.165) is 12.8 Å². The van der Waals surface area contributed by atoms with E-state index >= 15 is 0 Å². The zero-order chi connectivity index (χ0) is 16.8. The Kier molecular flexibility index (Phi) is 6.41. The van der Waals surface area contributed by atoms with Crippen LogP contribution in [0.2, 0.25) is 0 Å². The van der Waals surface area contributed by atoms with Gasteiger partial charge in [-0.2, -0.15) is 0 Å². The summed E-state index contributed by atoms with van der Waals surface area (Å²) in [5, 5.41) is 0. The molecule has 2 heterocycles. The van der Waals surface area contributed by atoms with Crippen molar-refractivity contribution in [3.05, 3.63) is 44.8 Å². The van der Waals surface area contributed by atoms with Crippen molar-refractivity contribution in [2.45, 2.75) is 39.0 Å². The van der Waals surface area contributed by atoms with E-state index in [0.29, 0.717) is 12.2 Å². The Labute approximate surface area is 134 Å². The lowest BCUT2D eigenvalue weighted by Gasteiger charge is -2.14. The smallest absolute Gasteiger partial charge is 0.344 e. The highest BCUT2D eigenvalue weighted by Gasteiger charge is 2.27. The zero-order valence-corrected chi connectivity index (χ0v) is 14.0. The van der Waals surface area contributed by atoms with Crippen molar-refractivity contribution in [1.29, 1.82) is 0 Å². The first kappa shape index (κ1) is 17.7. The number of hydrogen-bond donors (Lipinski definition) is 1. The van der Waals surface area contributed by atoms with Gasteiger partial charge in [0, 0.05) is 16.3 Å². The minimum absolute atomic E-state index is 0.0609. The van der Waals surface area contributed by atoms with Crippen LogP contribution in [0.1, 0.15) is 31.6 Å². The number of ether oxygens (including phenoxy) is 1. The molecule has 0 saturated heterocycles. The number of aryl methyl sites for hydroxylation is 1. The summed E-state index contributed by atoms with van der Waals surface area (Å²) in [6, 6.07) is 0. The molecule has 0 amide bonds. The molecule has 23 heavy (non-hydrogen) atoms. The van der Waals surface area contributed by atoms with Gasteiger partial charge in [-0.1, -0.05) is 19.4 Å². The third kappa shape index (κ3) is 4.94. The summed E-state index contributed by atoms with van der Waals surface area (Å²) in [4.78, 5) is 25.4. The number of hydrogen-bond acceptors (Lipinski definition) is 6. The second-order valence-electron chi connectivity index (χ2n) is 5.13. The van der Waals surface area contributed by atoms with Gasteiger partial charge in [-0.25, -0.2) is 4.79 Å². The van der Waals surface area contributed by atoms with E-state index in [4.69, 9.17) is 13.8 Å². The Morgan fingerprint density at radius 1 is 1.35 bits per heavy atom. The van der Waals surface area contributed by atoms with Gasteiger partial charge in [-0.3, -0.25) is 14.3 Å². The molecule has 9 heteroatoms. The van der Waals surface area contributed by atoms with Gasteiger partial charge in [-0.05, 0) is 19.4 Å². The summed E-state index contributed by atoms with van der Waals surface area (Å²) in [7, 11) is -2.17. The second-order valence-corrected chi connectivity index (χ2v) is 6.10. The molecular weight excluding hydrogens is 323 g/mol. The summed E-state index contributed by atoms with van der Waals surface area (Å²) in [5.74, 6) is 0. The Morgan fingerprint density at radius 2 is 2.13 bits per heavy atom. The van der Waals surface area contributed by atoms with Crippen LogP contribution < -0.4 is 11.2 Å². The number of unbranched alkanes of at least 4 members (excludes halogenated alkanes) is 1. The molecule has 1 aromatic rings. The molecule has 0 aliphatic carbocycles. The van der Waals surface area contributed by atoms with E-state index in [1.165, 1.54) is 10.8 Å². The van der Waals surface area contributed by atoms with Gasteiger partial charge in [0.05, 0.1) is 0 Å². The molecule has 0 aromatic carbocycles. The largest absolute Gasteiger partial charge is 0.697 e. The maximum Gasteiger partial charge on any atom is 0.697 e. The quantitative estimate of drug-likeness (QED) is 0.439. The average Bonchev–Trinajstić information content (AvgIpc) is 2.98. The molecule has 2 rings (SSSR count). The van der Waals surface area contributed by atoms with Gasteiger partial charge in [0.1, 0.15) is 19.3 Å². The van der Waals surface area contributed by atoms with Gasteiger partial charge >= 0.3 is 13.9 Å². The molecule has 1 aliphatic heterocycles. The molecule has 1 aromatic heterocycles. The highest BCUT2D eigenvalue weighted by atomic mass is 31.1. The number of rotatable bonds is 8. The number of H-pyrrole nitrogens is 1. The molecule has 1 unspecified atom stereocenters. The Bertz CT molecular complexity index is 695. The lowest BCUT2D eigenvalue weighted by molar-refractivity contribution is -0.00683. The van der Waals surface area contributed by atoms with Crippen molar-refractivity contribution in [2.24, 2.45) is 0 Å². The fourth-order valence-corrected chi connectivity index (χ4v) is 2.59. The fraction of sp³-hybridized carbons (Fsp3) is 0.571. The van der Waals surface area contributed by atoms with Crippen LogP contribution in [0.3, 0.4) is 0 Å². The van der Waals surface area contributed by atoms with Crippen molar-refractivity contribution < 1.29 is 18.3 Å². The maximum atomic E-state index is 11.8. The normalized spacial score (nSPS) is 20.9. The third-order valence-electron chi connectivity index (χ3n) is 3.26. The molecule has 1 N–H and O–H groups in total. The number of nitrogens with zero attached hydrogens (tertiary/aromatic N) is 1. The maximum absolute atomic E-state index is 11.8. The van der Waals surface area contributed by atoms with Crippen LogP contribution in [0.15, 0.2) is 27.9 Å². The van der Waals surface area contributed by atoms with E-state index in [2.05, 4.69) is 4.98 Å². The SMILES string of the molecule is CCCCO[P+](=O)OC[C@@H]1C=C[C@H](n2cc(C)c(=O)[nH]c2=O)O1. The molecular formula is C14H20N2O6P+. The van der Waals surface area contributed by atoms with E-state index in [-0.39, 0.29) is 6.61 Å². The van der Waals surface area contributed by atoms with E-state index < -0.39 is 31.8 Å². The Balaban J connectivity index is 1.86. The van der Waals surface area contributed by atoms with Crippen LogP contribution in [0.4, 0.5) is 0 Å². The van der Waals surface area contributed by atoms with Gasteiger partial charge in [0.2, 0.25) is 0 Å². The van der Waals surface area contributed by atoms with Crippen LogP contribution in [0.25, 0.3) is 0 Å². The zero-order valence-electron chi connectivity index (χ0n) is 13.1. The molecule has 126 valence electrons. The summed E-state index contributed by atoms with van der Waals surface area (Å²) in [6.07, 6.45) is 5.53. The molecule has 0 radical (unpaired) electrons. The van der Waals surface area contributed by atoms with E-state index in [1.807, 2.05) is 6.92 Å². The minimum Gasteiger partial charge on any atom is -0.344 e. The highest BCUT2D eigenvalue weighted by Crippen LogP contribution is 2.27. The summed E-state index contributed by atoms with van der Waals surface area (Å²) >= 11 is 0. The summed E-state index contributed by atoms with van der Waals surface area (Å²) in [5.41, 5.74) is -0.561. The minimum atomic E-state index is -2.17. The standard InChI is InChI=1S/C14H19N2O6P/c1-3-4-7-20-23(19)21-9-11-5-6-12(22-11)16-8-10(2)13(17)15-14(16)18/h5-6,8,11-12H,3-4,7,9H2,1-2H3/p+1/t11-,12+/m0/s1. The lowest BCUT2D eigenvalue weighted by Crippen LogP contribution is -2.33. The summed E-state index contributed by atoms with van der Waals surface area (Å²) in [6.45, 7) is 4.06. The van der Waals surface area contributed by atoms with Crippen molar-refractivity contribution >= 4 is 8.25 Å². The van der Waals surface area contributed by atoms with Gasteiger partial charge in [0.15, 0.2) is 6.23 Å². The number of aromatic nitrogens is 2. The predicted octanol–water partition coefficient (Wildman–Crippen LogP) is 1.79. The topological polar surface area (TPSA) is 99.6 Å². The van der Waals surface area contributed by atoms with Crippen LogP contribution in [0.5, 0.6) is 0 Å². The fourth-order valence-electron chi connectivity index (χ4n) is 1.97. The van der Waals surface area contributed by atoms with Gasteiger partial charge in [-0.15, -0.1) is 9.05 Å². The highest BCUT2D eigenvalue weighted by molar-refractivity contribution is 7.33. The first-order valence-electron chi connectivity index (χ1n) is 7.40. The van der Waals surface area contributed by atoms with Gasteiger partial charge < -0.3 is 4.74 Å². The number of aromatic amines is 1. The molecule has 3 atom stereocenters. The molecule has 0 spiro atoms. The Morgan fingerprint density at radius 3 is 2.87 bits per heavy atom. The van der Waals surface area contributed by atoms with E-state index in [9.17, 15) is 14.2 Å². The molecule has 0 fully saturated rings. The van der Waals surface area contributed by atoms with Crippen LogP contribution in [-0.4, -0.2) is 28.9 Å². The predicted molar refractivity (Wildman–Crippen MR) is 83.5 cm³/mol. The van der Waals surface area contributed by atoms with Crippen LogP contribution >= 0.6 is 8.25 Å². The lowest BCUT2D eigenvalue weighted by atomic mass is 10.3. The first-order chi connectivity index (χ1) is 11.0. The van der Waals surface area contributed by atoms with E-state index in [1.54, 1.807) is 19.1 Å². The van der Waals surface area contributed by atoms with Crippen molar-refractivity contribution in [3.8, 4) is 0 Å². The average molecular weight is 343 g/mol. The molecule has 8 nitrogen and oxygen atoms in total. The molecule has 0 bridgehead atoms. The number of nitrogens with one attached hydrogen (secondary N) is 1. The second kappa shape index (κ2) is 8.31. The van der Waals surface area contributed by atoms with Crippen molar-refractivity contribution in [3.63, 3.8) is 0 Å². The van der Waals surface area contributed by atoms with Crippen LogP contribution in [0, 0.1) is 6.92 Å². The molecule has 0 saturated carbocycles. The van der Waals surface area contributed by atoms with Crippen molar-refractivity contribution in [2.75, 3.05) is 13.2 Å². The van der Waals surface area contributed by atoms with Gasteiger partial charge in [0.25, 0.3) is 5.56 Å². The van der Waals surface area contributed by atoms with Crippen molar-refractivity contribution in [1.82, 2.24) is 9.55 Å². The molecule has 1 aliphatic rings. The van der Waals surface area contributed by atoms with Crippen LogP contribution in [-0.2, 0) is 18.3 Å². The first-order valence-corrected chi connectivity index (χ1v) is 8.49. The Hall–Kier alpha value is -1.60. The summed E-state index contributed by atoms with van der Waals surface area (Å²) < 4.78 is 28.5. The monoisotopic (exact) mass is 343 g/mol. The third-order valence-corrected chi connectivity index (χ3v) is 4.02.